The second-order valence-electron chi connectivity index (χ2n) is 11.2. The first-order chi connectivity index (χ1) is 19.7. The van der Waals surface area contributed by atoms with Gasteiger partial charge in [0.1, 0.15) is 23.3 Å². The van der Waals surface area contributed by atoms with E-state index in [0.717, 1.165) is 6.42 Å². The van der Waals surface area contributed by atoms with Crippen LogP contribution >= 0.6 is 51.6 Å². The number of ether oxygens (including phenoxy) is 2. The highest BCUT2D eigenvalue weighted by Crippen LogP contribution is 2.40. The molecule has 1 spiro atoms. The molecule has 224 valence electrons. The highest BCUT2D eigenvalue weighted by Gasteiger charge is 2.56. The van der Waals surface area contributed by atoms with E-state index in [1.165, 1.54) is 24.5 Å². The van der Waals surface area contributed by atoms with Crippen LogP contribution in [0.25, 0.3) is 0 Å². The first-order valence-corrected chi connectivity index (χ1v) is 18.0. The fraction of sp³-hybridized carbons (Fsp3) is 0.393. The molecule has 2 aromatic rings. The van der Waals surface area contributed by atoms with Gasteiger partial charge in [-0.05, 0) is 86.5 Å². The Hall–Kier alpha value is -2.47. The minimum atomic E-state index is -0.560. The van der Waals surface area contributed by atoms with Crippen molar-refractivity contribution in [3.63, 3.8) is 0 Å². The van der Waals surface area contributed by atoms with Crippen molar-refractivity contribution >= 4 is 80.7 Å². The van der Waals surface area contributed by atoms with Gasteiger partial charge in [-0.2, -0.15) is 0 Å². The molecule has 1 aromatic carbocycles. The number of anilines is 1. The Morgan fingerprint density at radius 1 is 1.19 bits per heavy atom. The Labute approximate surface area is 270 Å². The van der Waals surface area contributed by atoms with Gasteiger partial charge in [-0.1, -0.05) is 23.2 Å². The van der Waals surface area contributed by atoms with Gasteiger partial charge in [0.15, 0.2) is 0 Å². The quantitative estimate of drug-likeness (QED) is 0.0909. The van der Waals surface area contributed by atoms with Crippen LogP contribution in [-0.4, -0.2) is 68.9 Å². The highest BCUT2D eigenvalue weighted by molar-refractivity contribution is 14.2. The van der Waals surface area contributed by atoms with E-state index in [1.807, 2.05) is 32.6 Å². The molecule has 0 aliphatic carbocycles. The number of likely N-dealkylation sites (tertiary alicyclic amines) is 2. The molecule has 2 aliphatic rings. The van der Waals surface area contributed by atoms with Crippen LogP contribution in [0.2, 0.25) is 10.0 Å². The zero-order chi connectivity index (χ0) is 30.8. The molecule has 0 radical (unpaired) electrons. The number of rotatable bonds is 9. The Bertz CT molecular complexity index is 1420. The maximum Gasteiger partial charge on any atom is 0.410 e. The lowest BCUT2D eigenvalue weighted by Gasteiger charge is -2.62. The minimum absolute atomic E-state index is 0.0237. The van der Waals surface area contributed by atoms with Crippen molar-refractivity contribution in [3.8, 4) is 5.75 Å². The average molecular weight is 744 g/mol. The fourth-order valence-corrected chi connectivity index (χ4v) is 6.70. The van der Waals surface area contributed by atoms with Gasteiger partial charge in [0, 0.05) is 55.2 Å². The maximum absolute atomic E-state index is 12.5. The monoisotopic (exact) mass is 743 g/mol. The molecule has 10 nitrogen and oxygen atoms in total. The second kappa shape index (κ2) is 13.0. The molecule has 2 saturated heterocycles. The molecular formula is C28H33Cl2IN7O3P. The first-order valence-electron chi connectivity index (χ1n) is 13.2. The zero-order valence-electron chi connectivity index (χ0n) is 23.6. The number of amidine groups is 1. The number of halogens is 3. The van der Waals surface area contributed by atoms with Crippen LogP contribution in [0.4, 0.5) is 10.5 Å². The first kappa shape index (κ1) is 32.4. The van der Waals surface area contributed by atoms with Gasteiger partial charge in [-0.25, -0.2) is 4.79 Å². The van der Waals surface area contributed by atoms with Crippen LogP contribution in [0, 0.1) is 16.2 Å². The number of aromatic nitrogens is 1. The molecule has 2 fully saturated rings. The number of carbonyl (C=O) groups excluding carboxylic acids is 1. The lowest BCUT2D eigenvalue weighted by Crippen LogP contribution is -2.78. The van der Waals surface area contributed by atoms with E-state index in [1.54, 1.807) is 23.1 Å². The second-order valence-corrected chi connectivity index (χ2v) is 14.0. The van der Waals surface area contributed by atoms with E-state index in [4.69, 9.17) is 48.9 Å². The Morgan fingerprint density at radius 3 is 2.43 bits per heavy atom. The van der Waals surface area contributed by atoms with Crippen molar-refractivity contribution in [2.24, 2.45) is 0 Å². The summed E-state index contributed by atoms with van der Waals surface area (Å²) in [4.78, 5) is 20.1. The van der Waals surface area contributed by atoms with Gasteiger partial charge >= 0.3 is 6.09 Å². The van der Waals surface area contributed by atoms with E-state index in [9.17, 15) is 4.79 Å². The molecule has 14 heteroatoms. The number of nitrogens with zero attached hydrogens (tertiary/aromatic N) is 3. The van der Waals surface area contributed by atoms with Gasteiger partial charge in [-0.15, -0.1) is 0 Å². The molecule has 1 amide bonds. The van der Waals surface area contributed by atoms with Gasteiger partial charge in [0.2, 0.25) is 0 Å². The van der Waals surface area contributed by atoms with Crippen LogP contribution in [0.15, 0.2) is 42.7 Å². The van der Waals surface area contributed by atoms with Gasteiger partial charge in [-0.3, -0.25) is 26.1 Å². The maximum atomic E-state index is 12.5. The number of hydrogen-bond acceptors (Lipinski definition) is 8. The third-order valence-electron chi connectivity index (χ3n) is 7.03. The Kier molecular flexibility index (Phi) is 10.1. The summed E-state index contributed by atoms with van der Waals surface area (Å²) in [5, 5.41) is 29.9. The molecule has 4 rings (SSSR count). The third-order valence-corrected chi connectivity index (χ3v) is 8.80. The molecule has 0 bridgehead atoms. The molecular weight excluding hydrogens is 711 g/mol. The topological polar surface area (TPSA) is 138 Å². The van der Waals surface area contributed by atoms with Gasteiger partial charge in [0.25, 0.3) is 0 Å². The Balaban J connectivity index is 1.41. The van der Waals surface area contributed by atoms with Crippen LogP contribution in [0.1, 0.15) is 51.3 Å². The average Bonchev–Trinajstić information content (AvgIpc) is 2.85. The summed E-state index contributed by atoms with van der Waals surface area (Å²) in [6.07, 6.45) is 6.39. The van der Waals surface area contributed by atoms with Crippen LogP contribution in [-0.2, 0) is 4.74 Å². The molecule has 0 saturated carbocycles. The lowest BCUT2D eigenvalue weighted by molar-refractivity contribution is -0.0971. The normalized spacial score (nSPS) is 16.7. The summed E-state index contributed by atoms with van der Waals surface area (Å²) in [5.74, 6) is 0.706. The minimum Gasteiger partial charge on any atom is -0.486 e. The summed E-state index contributed by atoms with van der Waals surface area (Å²) in [6.45, 7) is 9.07. The van der Waals surface area contributed by atoms with Crippen molar-refractivity contribution < 1.29 is 14.3 Å². The highest BCUT2D eigenvalue weighted by atomic mass is 127. The SMILES string of the molecule is C[C@@H](Oc1ccc(NPI)c(C(=N)C(=N)/C=C\C(=N)N2CC3(CCN3C(=O)OC(C)(C)C)C2)c1)c1c(Cl)cncc1Cl. The van der Waals surface area contributed by atoms with Crippen LogP contribution in [0.5, 0.6) is 5.75 Å². The number of hydrogen-bond donors (Lipinski definition) is 4. The van der Waals surface area contributed by atoms with E-state index in [0.29, 0.717) is 58.6 Å². The number of allylic oxidation sites excluding steroid dienone is 1. The molecule has 42 heavy (non-hydrogen) atoms. The molecule has 1 unspecified atom stereocenters. The van der Waals surface area contributed by atoms with E-state index in [-0.39, 0.29) is 28.9 Å². The number of amides is 1. The van der Waals surface area contributed by atoms with Crippen molar-refractivity contribution in [2.45, 2.75) is 51.4 Å². The van der Waals surface area contributed by atoms with Gasteiger partial charge in [0.05, 0.1) is 27.0 Å². The lowest BCUT2D eigenvalue weighted by atomic mass is 9.77. The summed E-state index contributed by atoms with van der Waals surface area (Å²) in [5.41, 5.74) is 0.851. The number of carbonyl (C=O) groups is 1. The third kappa shape index (κ3) is 7.18. The van der Waals surface area contributed by atoms with E-state index < -0.39 is 11.7 Å². The molecule has 1 aromatic heterocycles. The standard InChI is InChI=1S/C28H33Cl2IN7O3P/c1-16(24-19(29)12-35-13-20(24)30)40-17-5-7-22(36-42-31)18(11-17)25(34)21(32)6-8-23(33)37-14-28(15-37)9-10-38(28)26(39)41-27(2,3)4/h5-8,11-13,16,32-34,36,42H,9-10,14-15H2,1-4H3/b8-6-,32-21?,33-23?,34-25?/t16-/m1/s1. The zero-order valence-corrected chi connectivity index (χ0v) is 28.3. The number of benzene rings is 1. The largest absolute Gasteiger partial charge is 0.486 e. The van der Waals surface area contributed by atoms with Gasteiger partial charge < -0.3 is 19.5 Å². The van der Waals surface area contributed by atoms with Crippen molar-refractivity contribution in [3.05, 3.63) is 63.9 Å². The smallest absolute Gasteiger partial charge is 0.410 e. The van der Waals surface area contributed by atoms with E-state index >= 15 is 0 Å². The van der Waals surface area contributed by atoms with Crippen molar-refractivity contribution in [2.75, 3.05) is 24.7 Å². The van der Waals surface area contributed by atoms with Crippen LogP contribution in [0.3, 0.4) is 0 Å². The predicted molar refractivity (Wildman–Crippen MR) is 179 cm³/mol. The van der Waals surface area contributed by atoms with E-state index in [2.05, 4.69) is 32.1 Å². The number of nitrogens with one attached hydrogen (secondary N) is 4. The van der Waals surface area contributed by atoms with Crippen LogP contribution < -0.4 is 9.82 Å². The summed E-state index contributed by atoms with van der Waals surface area (Å²) in [6, 6.07) is 5.29. The summed E-state index contributed by atoms with van der Waals surface area (Å²) < 4.78 is 11.6. The summed E-state index contributed by atoms with van der Waals surface area (Å²) >= 11 is 14.8. The fourth-order valence-electron chi connectivity index (χ4n) is 4.84. The molecule has 3 heterocycles. The molecule has 2 aliphatic heterocycles. The molecule has 4 N–H and O–H groups in total. The summed E-state index contributed by atoms with van der Waals surface area (Å²) in [7, 11) is 0. The molecule has 2 atom stereocenters. The van der Waals surface area contributed by atoms with Crippen molar-refractivity contribution in [1.29, 1.82) is 16.2 Å². The van der Waals surface area contributed by atoms with Crippen molar-refractivity contribution in [1.82, 2.24) is 14.8 Å². The number of pyridine rings is 1. The Morgan fingerprint density at radius 2 is 1.86 bits per heavy atom. The predicted octanol–water partition coefficient (Wildman–Crippen LogP) is 7.50.